The Bertz CT molecular complexity index is 821. The highest BCUT2D eigenvalue weighted by Gasteiger charge is 2.33. The third kappa shape index (κ3) is 2.95. The van der Waals surface area contributed by atoms with Gasteiger partial charge in [0.25, 0.3) is 5.69 Å². The topological polar surface area (TPSA) is 114 Å². The number of aromatic nitrogens is 3. The number of hydrogen-bond acceptors (Lipinski definition) is 6. The summed E-state index contributed by atoms with van der Waals surface area (Å²) >= 11 is 6.11. The summed E-state index contributed by atoms with van der Waals surface area (Å²) in [6, 6.07) is 3.42. The van der Waals surface area contributed by atoms with Gasteiger partial charge in [-0.15, -0.1) is 10.2 Å². The predicted octanol–water partition coefficient (Wildman–Crippen LogP) is 1.62. The van der Waals surface area contributed by atoms with Gasteiger partial charge in [-0.05, 0) is 18.6 Å². The van der Waals surface area contributed by atoms with Crippen LogP contribution in [0.5, 0.6) is 0 Å². The average molecular weight is 352 g/mol. The number of carbonyl (C=O) groups is 1. The quantitative estimate of drug-likeness (QED) is 0.657. The zero-order valence-corrected chi connectivity index (χ0v) is 13.5. The highest BCUT2D eigenvalue weighted by atomic mass is 35.5. The second-order valence-corrected chi connectivity index (χ2v) is 5.97. The van der Waals surface area contributed by atoms with Crippen LogP contribution in [0.15, 0.2) is 18.2 Å². The van der Waals surface area contributed by atoms with E-state index in [1.54, 1.807) is 22.5 Å². The number of non-ortho nitro benzene ring substituents is 1. The Balaban J connectivity index is 1.88. The molecule has 2 aromatic rings. The molecule has 0 spiro atoms. The van der Waals surface area contributed by atoms with Gasteiger partial charge in [-0.25, -0.2) is 0 Å². The number of fused-ring (bicyclic) bond motifs is 1. The molecule has 0 saturated carbocycles. The third-order valence-corrected chi connectivity index (χ3v) is 4.41. The van der Waals surface area contributed by atoms with E-state index < -0.39 is 16.9 Å². The summed E-state index contributed by atoms with van der Waals surface area (Å²) in [6.07, 6.45) is 0. The van der Waals surface area contributed by atoms with Crippen molar-refractivity contribution in [2.45, 2.75) is 32.6 Å². The Labute approximate surface area is 141 Å². The van der Waals surface area contributed by atoms with Crippen molar-refractivity contribution in [3.05, 3.63) is 50.5 Å². The molecule has 24 heavy (non-hydrogen) atoms. The largest absolute Gasteiger partial charge is 0.480 e. The summed E-state index contributed by atoms with van der Waals surface area (Å²) in [6.45, 7) is 2.58. The molecule has 9 nitrogen and oxygen atoms in total. The van der Waals surface area contributed by atoms with E-state index in [9.17, 15) is 20.0 Å². The fraction of sp³-hybridized carbons (Fsp3) is 0.357. The molecule has 1 atom stereocenters. The molecule has 1 N–H and O–H groups in total. The smallest absolute Gasteiger partial charge is 0.322 e. The van der Waals surface area contributed by atoms with Gasteiger partial charge in [-0.1, -0.05) is 11.6 Å². The zero-order valence-electron chi connectivity index (χ0n) is 12.7. The van der Waals surface area contributed by atoms with E-state index in [1.807, 2.05) is 0 Å². The van der Waals surface area contributed by atoms with Gasteiger partial charge in [0, 0.05) is 18.7 Å². The number of carboxylic acid groups (broad SMARTS) is 1. The highest BCUT2D eigenvalue weighted by molar-refractivity contribution is 6.31. The summed E-state index contributed by atoms with van der Waals surface area (Å²) in [5.74, 6) is 0.402. The third-order valence-electron chi connectivity index (χ3n) is 4.06. The maximum absolute atomic E-state index is 11.6. The molecular formula is C14H14ClN5O4. The van der Waals surface area contributed by atoms with Crippen LogP contribution in [0.25, 0.3) is 0 Å². The first kappa shape index (κ1) is 16.3. The number of halogens is 1. The molecule has 126 valence electrons. The minimum Gasteiger partial charge on any atom is -0.480 e. The number of nitro groups is 1. The molecular weight excluding hydrogens is 338 g/mol. The van der Waals surface area contributed by atoms with Crippen LogP contribution in [0.1, 0.15) is 17.2 Å². The lowest BCUT2D eigenvalue weighted by atomic mass is 10.1. The Morgan fingerprint density at radius 1 is 1.50 bits per heavy atom. The zero-order chi connectivity index (χ0) is 17.4. The maximum Gasteiger partial charge on any atom is 0.322 e. The summed E-state index contributed by atoms with van der Waals surface area (Å²) in [4.78, 5) is 23.6. The van der Waals surface area contributed by atoms with E-state index in [-0.39, 0.29) is 23.8 Å². The second kappa shape index (κ2) is 6.17. The van der Waals surface area contributed by atoms with Gasteiger partial charge in [0.2, 0.25) is 0 Å². The SMILES string of the molecule is Cc1nnc2n1CC(C(=O)O)N(Cc1ccc([N+](=O)[O-])cc1Cl)C2. The fourth-order valence-electron chi connectivity index (χ4n) is 2.76. The van der Waals surface area contributed by atoms with Crippen LogP contribution < -0.4 is 0 Å². The van der Waals surface area contributed by atoms with E-state index in [4.69, 9.17) is 11.6 Å². The predicted molar refractivity (Wildman–Crippen MR) is 83.5 cm³/mol. The molecule has 1 aliphatic rings. The van der Waals surface area contributed by atoms with E-state index >= 15 is 0 Å². The van der Waals surface area contributed by atoms with Crippen molar-refractivity contribution in [3.63, 3.8) is 0 Å². The van der Waals surface area contributed by atoms with Crippen LogP contribution in [-0.2, 0) is 24.4 Å². The number of nitro benzene ring substituents is 1. The minimum absolute atomic E-state index is 0.104. The summed E-state index contributed by atoms with van der Waals surface area (Å²) in [5.41, 5.74) is 0.519. The van der Waals surface area contributed by atoms with Crippen LogP contribution in [0.3, 0.4) is 0 Å². The number of aryl methyl sites for hydroxylation is 1. The first-order chi connectivity index (χ1) is 11.4. The molecule has 0 radical (unpaired) electrons. The highest BCUT2D eigenvalue weighted by Crippen LogP contribution is 2.26. The Morgan fingerprint density at radius 3 is 2.88 bits per heavy atom. The van der Waals surface area contributed by atoms with Crippen molar-refractivity contribution < 1.29 is 14.8 Å². The standard InChI is InChI=1S/C14H14ClN5O4/c1-8-16-17-13-7-18(12(14(21)22)6-19(8)13)5-9-2-3-10(20(23)24)4-11(9)15/h2-4,12H,5-7H2,1H3,(H,21,22). The molecule has 0 saturated heterocycles. The molecule has 0 amide bonds. The number of hydrogen-bond donors (Lipinski definition) is 1. The van der Waals surface area contributed by atoms with Gasteiger partial charge in [0.15, 0.2) is 0 Å². The maximum atomic E-state index is 11.6. The van der Waals surface area contributed by atoms with Crippen LogP contribution in [0.4, 0.5) is 5.69 Å². The van der Waals surface area contributed by atoms with E-state index in [0.29, 0.717) is 23.8 Å². The van der Waals surface area contributed by atoms with Crippen molar-refractivity contribution in [2.24, 2.45) is 0 Å². The molecule has 0 fully saturated rings. The molecule has 1 aromatic heterocycles. The Kier molecular flexibility index (Phi) is 4.20. The lowest BCUT2D eigenvalue weighted by Crippen LogP contribution is -2.47. The first-order valence-corrected chi connectivity index (χ1v) is 7.53. The Morgan fingerprint density at radius 2 is 2.25 bits per heavy atom. The van der Waals surface area contributed by atoms with E-state index in [1.165, 1.54) is 12.1 Å². The van der Waals surface area contributed by atoms with Gasteiger partial charge >= 0.3 is 5.97 Å². The first-order valence-electron chi connectivity index (χ1n) is 7.15. The molecule has 1 unspecified atom stereocenters. The van der Waals surface area contributed by atoms with Gasteiger partial charge in [0.05, 0.1) is 23.0 Å². The van der Waals surface area contributed by atoms with Crippen LogP contribution in [0, 0.1) is 17.0 Å². The van der Waals surface area contributed by atoms with Crippen molar-refractivity contribution >= 4 is 23.3 Å². The van der Waals surface area contributed by atoms with Crippen LogP contribution in [-0.4, -0.2) is 41.7 Å². The van der Waals surface area contributed by atoms with Gasteiger partial charge in [-0.2, -0.15) is 0 Å². The normalized spacial score (nSPS) is 17.5. The number of benzene rings is 1. The fourth-order valence-corrected chi connectivity index (χ4v) is 2.99. The Hall–Kier alpha value is -2.52. The average Bonchev–Trinajstić information content (AvgIpc) is 2.88. The summed E-state index contributed by atoms with van der Waals surface area (Å²) in [5, 5.41) is 28.6. The van der Waals surface area contributed by atoms with Crippen molar-refractivity contribution in [3.8, 4) is 0 Å². The second-order valence-electron chi connectivity index (χ2n) is 5.57. The lowest BCUT2D eigenvalue weighted by molar-refractivity contribution is -0.384. The van der Waals surface area contributed by atoms with Gasteiger partial charge < -0.3 is 9.67 Å². The molecule has 1 aromatic carbocycles. The lowest BCUT2D eigenvalue weighted by Gasteiger charge is -2.33. The number of nitrogens with zero attached hydrogens (tertiary/aromatic N) is 5. The minimum atomic E-state index is -0.952. The van der Waals surface area contributed by atoms with E-state index in [2.05, 4.69) is 10.2 Å². The van der Waals surface area contributed by atoms with Gasteiger partial charge in [-0.3, -0.25) is 19.8 Å². The van der Waals surface area contributed by atoms with E-state index in [0.717, 1.165) is 0 Å². The van der Waals surface area contributed by atoms with Crippen LogP contribution in [0.2, 0.25) is 5.02 Å². The molecule has 3 rings (SSSR count). The van der Waals surface area contributed by atoms with Gasteiger partial charge in [0.1, 0.15) is 17.7 Å². The number of rotatable bonds is 4. The number of aliphatic carboxylic acids is 1. The number of carboxylic acids is 1. The molecule has 0 bridgehead atoms. The van der Waals surface area contributed by atoms with Crippen LogP contribution >= 0.6 is 11.6 Å². The monoisotopic (exact) mass is 351 g/mol. The summed E-state index contributed by atoms with van der Waals surface area (Å²) in [7, 11) is 0. The molecule has 2 heterocycles. The van der Waals surface area contributed by atoms with Crippen molar-refractivity contribution in [2.75, 3.05) is 0 Å². The van der Waals surface area contributed by atoms with Crippen molar-refractivity contribution in [1.29, 1.82) is 0 Å². The molecule has 0 aliphatic carbocycles. The van der Waals surface area contributed by atoms with Crippen molar-refractivity contribution in [1.82, 2.24) is 19.7 Å². The molecule has 1 aliphatic heterocycles. The molecule has 10 heteroatoms. The summed E-state index contributed by atoms with van der Waals surface area (Å²) < 4.78 is 1.78.